The first kappa shape index (κ1) is 25.0. The lowest BCUT2D eigenvalue weighted by Gasteiger charge is -2.23. The summed E-state index contributed by atoms with van der Waals surface area (Å²) in [5.41, 5.74) is 8.51. The SMILES string of the molecule is Cc1ccc(C2=NN(C3=NC(=O)C(CC(=O)Nc4ccc(C)c(C)c4)S3)C(c3ccc(C)cc3)C2)cc1. The second-order valence-electron chi connectivity index (χ2n) is 9.78. The molecule has 3 aromatic carbocycles. The topological polar surface area (TPSA) is 74.1 Å². The number of aryl methyl sites for hydroxylation is 4. The molecule has 0 spiro atoms. The maximum Gasteiger partial charge on any atom is 0.262 e. The summed E-state index contributed by atoms with van der Waals surface area (Å²) in [7, 11) is 0. The zero-order chi connectivity index (χ0) is 26.1. The molecular formula is C30H30N4O2S. The molecule has 0 fully saturated rings. The highest BCUT2D eigenvalue weighted by molar-refractivity contribution is 8.15. The summed E-state index contributed by atoms with van der Waals surface area (Å²) in [4.78, 5) is 29.9. The summed E-state index contributed by atoms with van der Waals surface area (Å²) in [6.45, 7) is 8.16. The van der Waals surface area contributed by atoms with Gasteiger partial charge in [-0.15, -0.1) is 0 Å². The number of anilines is 1. The summed E-state index contributed by atoms with van der Waals surface area (Å²) in [5, 5.41) is 9.69. The van der Waals surface area contributed by atoms with Crippen molar-refractivity contribution in [3.8, 4) is 0 Å². The molecule has 0 radical (unpaired) electrons. The van der Waals surface area contributed by atoms with E-state index in [4.69, 9.17) is 5.10 Å². The number of hydrogen-bond donors (Lipinski definition) is 1. The lowest BCUT2D eigenvalue weighted by molar-refractivity contribution is -0.121. The minimum absolute atomic E-state index is 0.0565. The highest BCUT2D eigenvalue weighted by atomic mass is 32.2. The Morgan fingerprint density at radius 2 is 1.62 bits per heavy atom. The third-order valence-corrected chi connectivity index (χ3v) is 7.99. The van der Waals surface area contributed by atoms with E-state index in [-0.39, 0.29) is 24.3 Å². The molecule has 37 heavy (non-hydrogen) atoms. The van der Waals surface area contributed by atoms with Gasteiger partial charge in [-0.3, -0.25) is 9.59 Å². The van der Waals surface area contributed by atoms with Gasteiger partial charge < -0.3 is 5.32 Å². The number of rotatable bonds is 5. The summed E-state index contributed by atoms with van der Waals surface area (Å²) >= 11 is 1.32. The van der Waals surface area contributed by atoms with Crippen LogP contribution in [-0.4, -0.2) is 33.0 Å². The predicted octanol–water partition coefficient (Wildman–Crippen LogP) is 6.10. The monoisotopic (exact) mass is 510 g/mol. The Morgan fingerprint density at radius 1 is 0.946 bits per heavy atom. The molecule has 0 aromatic heterocycles. The first-order valence-electron chi connectivity index (χ1n) is 12.4. The number of benzene rings is 3. The molecule has 2 atom stereocenters. The average molecular weight is 511 g/mol. The minimum atomic E-state index is -0.571. The van der Waals surface area contributed by atoms with Crippen molar-refractivity contribution in [3.63, 3.8) is 0 Å². The Balaban J connectivity index is 1.34. The largest absolute Gasteiger partial charge is 0.326 e. The van der Waals surface area contributed by atoms with Crippen LogP contribution in [0.5, 0.6) is 0 Å². The third kappa shape index (κ3) is 5.52. The number of carbonyl (C=O) groups is 2. The van der Waals surface area contributed by atoms with E-state index >= 15 is 0 Å². The number of nitrogens with zero attached hydrogens (tertiary/aromatic N) is 3. The van der Waals surface area contributed by atoms with Crippen LogP contribution in [0.1, 0.15) is 52.3 Å². The van der Waals surface area contributed by atoms with Gasteiger partial charge in [-0.2, -0.15) is 10.1 Å². The van der Waals surface area contributed by atoms with Gasteiger partial charge >= 0.3 is 0 Å². The molecule has 0 bridgehead atoms. The molecule has 3 aromatic rings. The van der Waals surface area contributed by atoms with Crippen molar-refractivity contribution in [2.24, 2.45) is 10.1 Å². The van der Waals surface area contributed by atoms with Crippen LogP contribution in [0, 0.1) is 27.7 Å². The van der Waals surface area contributed by atoms with Crippen molar-refractivity contribution in [1.82, 2.24) is 5.01 Å². The Hall–Kier alpha value is -3.71. The van der Waals surface area contributed by atoms with Crippen LogP contribution < -0.4 is 5.32 Å². The maximum absolute atomic E-state index is 12.8. The van der Waals surface area contributed by atoms with Gasteiger partial charge in [0.2, 0.25) is 5.91 Å². The molecule has 1 N–H and O–H groups in total. The van der Waals surface area contributed by atoms with Crippen LogP contribution in [0.2, 0.25) is 0 Å². The van der Waals surface area contributed by atoms with E-state index in [2.05, 4.69) is 72.7 Å². The fourth-order valence-corrected chi connectivity index (χ4v) is 5.52. The normalized spacial score (nSPS) is 19.1. The molecule has 7 heteroatoms. The molecular weight excluding hydrogens is 480 g/mol. The average Bonchev–Trinajstić information content (AvgIpc) is 3.46. The number of nitrogens with one attached hydrogen (secondary N) is 1. The number of aliphatic imine (C=N–C) groups is 1. The van der Waals surface area contributed by atoms with E-state index < -0.39 is 5.25 Å². The second-order valence-corrected chi connectivity index (χ2v) is 10.9. The molecule has 2 heterocycles. The third-order valence-electron chi connectivity index (χ3n) is 6.84. The Bertz CT molecular complexity index is 1410. The van der Waals surface area contributed by atoms with Gasteiger partial charge in [0.1, 0.15) is 5.25 Å². The standard InChI is InChI=1S/C30H30N4O2S/c1-18-5-10-22(11-6-18)25-16-26(23-12-7-19(2)8-13-23)34(33-25)30-32-29(36)27(37-30)17-28(35)31-24-14-9-20(3)21(4)15-24/h5-15,26-27H,16-17H2,1-4H3,(H,31,35). The van der Waals surface area contributed by atoms with Crippen molar-refractivity contribution >= 4 is 40.1 Å². The van der Waals surface area contributed by atoms with Crippen LogP contribution in [-0.2, 0) is 9.59 Å². The van der Waals surface area contributed by atoms with Crippen molar-refractivity contribution in [3.05, 3.63) is 100 Å². The van der Waals surface area contributed by atoms with Gasteiger partial charge in [-0.05, 0) is 62.1 Å². The van der Waals surface area contributed by atoms with Crippen LogP contribution in [0.25, 0.3) is 0 Å². The molecule has 0 aliphatic carbocycles. The smallest absolute Gasteiger partial charge is 0.262 e. The van der Waals surface area contributed by atoms with Crippen LogP contribution in [0.4, 0.5) is 5.69 Å². The number of hydrazone groups is 1. The summed E-state index contributed by atoms with van der Waals surface area (Å²) in [5.74, 6) is -0.497. The zero-order valence-electron chi connectivity index (χ0n) is 21.5. The fraction of sp³-hybridized carbons (Fsp3) is 0.267. The Kier molecular flexibility index (Phi) is 6.98. The second kappa shape index (κ2) is 10.3. The minimum Gasteiger partial charge on any atom is -0.326 e. The van der Waals surface area contributed by atoms with Gasteiger partial charge in [0, 0.05) is 18.5 Å². The highest BCUT2D eigenvalue weighted by Gasteiger charge is 2.39. The van der Waals surface area contributed by atoms with E-state index in [9.17, 15) is 9.59 Å². The highest BCUT2D eigenvalue weighted by Crippen LogP contribution is 2.38. The van der Waals surface area contributed by atoms with Crippen LogP contribution >= 0.6 is 11.8 Å². The van der Waals surface area contributed by atoms with E-state index in [1.54, 1.807) is 0 Å². The molecule has 2 aliphatic heterocycles. The molecule has 2 amide bonds. The van der Waals surface area contributed by atoms with Gasteiger partial charge in [-0.25, -0.2) is 5.01 Å². The molecule has 5 rings (SSSR count). The number of hydrogen-bond acceptors (Lipinski definition) is 5. The summed E-state index contributed by atoms with van der Waals surface area (Å²) < 4.78 is 0. The van der Waals surface area contributed by atoms with Crippen molar-refractivity contribution in [1.29, 1.82) is 0 Å². The van der Waals surface area contributed by atoms with Crippen LogP contribution in [0.3, 0.4) is 0 Å². The molecule has 0 saturated heterocycles. The molecule has 6 nitrogen and oxygen atoms in total. The van der Waals surface area contributed by atoms with Gasteiger partial charge in [0.25, 0.3) is 5.91 Å². The number of amides is 2. The number of amidine groups is 1. The molecule has 188 valence electrons. The van der Waals surface area contributed by atoms with Gasteiger partial charge in [0.15, 0.2) is 5.17 Å². The van der Waals surface area contributed by atoms with Crippen molar-refractivity contribution in [2.45, 2.75) is 51.8 Å². The molecule has 2 unspecified atom stereocenters. The lowest BCUT2D eigenvalue weighted by Crippen LogP contribution is -2.25. The first-order valence-corrected chi connectivity index (χ1v) is 13.3. The van der Waals surface area contributed by atoms with E-state index in [0.717, 1.165) is 33.7 Å². The van der Waals surface area contributed by atoms with Crippen LogP contribution in [0.15, 0.2) is 76.8 Å². The number of carbonyl (C=O) groups excluding carboxylic acids is 2. The number of thioether (sulfide) groups is 1. The quantitative estimate of drug-likeness (QED) is 0.450. The van der Waals surface area contributed by atoms with Crippen molar-refractivity contribution < 1.29 is 9.59 Å². The molecule has 0 saturated carbocycles. The predicted molar refractivity (Wildman–Crippen MR) is 151 cm³/mol. The Morgan fingerprint density at radius 3 is 2.30 bits per heavy atom. The Labute approximate surface area is 221 Å². The zero-order valence-corrected chi connectivity index (χ0v) is 22.3. The van der Waals surface area contributed by atoms with E-state index in [1.807, 2.05) is 37.1 Å². The lowest BCUT2D eigenvalue weighted by atomic mass is 9.97. The fourth-order valence-electron chi connectivity index (χ4n) is 4.46. The first-order chi connectivity index (χ1) is 17.8. The van der Waals surface area contributed by atoms with Gasteiger partial charge in [-0.1, -0.05) is 77.5 Å². The molecule has 2 aliphatic rings. The summed E-state index contributed by atoms with van der Waals surface area (Å²) in [6.07, 6.45) is 0.763. The maximum atomic E-state index is 12.8. The van der Waals surface area contributed by atoms with E-state index in [0.29, 0.717) is 11.6 Å². The van der Waals surface area contributed by atoms with Gasteiger partial charge in [0.05, 0.1) is 11.8 Å². The van der Waals surface area contributed by atoms with Crippen molar-refractivity contribution in [2.75, 3.05) is 5.32 Å². The van der Waals surface area contributed by atoms with E-state index in [1.165, 1.54) is 22.9 Å². The summed E-state index contributed by atoms with van der Waals surface area (Å²) in [6, 6.07) is 22.4.